The SMILES string of the molecule is C=CN=NCCCCCCCCCCCCCCCCCC. The van der Waals surface area contributed by atoms with Crippen molar-refractivity contribution in [1.29, 1.82) is 0 Å². The van der Waals surface area contributed by atoms with Crippen LogP contribution in [0.1, 0.15) is 110 Å². The van der Waals surface area contributed by atoms with Crippen LogP contribution in [-0.4, -0.2) is 6.54 Å². The summed E-state index contributed by atoms with van der Waals surface area (Å²) in [5.41, 5.74) is 0. The van der Waals surface area contributed by atoms with Crippen molar-refractivity contribution in [3.63, 3.8) is 0 Å². The van der Waals surface area contributed by atoms with E-state index in [0.29, 0.717) is 0 Å². The van der Waals surface area contributed by atoms with E-state index in [1.165, 1.54) is 109 Å². The number of rotatable bonds is 18. The standard InChI is InChI=1S/C20H40N2/c1-3-5-6-7-8-9-10-11-12-13-14-15-16-17-18-19-20-22-21-4-2/h4H,2-3,5-20H2,1H3. The van der Waals surface area contributed by atoms with Crippen LogP contribution in [0.15, 0.2) is 23.0 Å². The summed E-state index contributed by atoms with van der Waals surface area (Å²) in [6.45, 7) is 6.67. The first-order valence-electron chi connectivity index (χ1n) is 9.89. The van der Waals surface area contributed by atoms with Crippen molar-refractivity contribution in [2.24, 2.45) is 10.2 Å². The van der Waals surface area contributed by atoms with Crippen molar-refractivity contribution in [1.82, 2.24) is 0 Å². The third kappa shape index (κ3) is 19.3. The summed E-state index contributed by atoms with van der Waals surface area (Å²) in [5, 5.41) is 7.77. The molecule has 0 heterocycles. The highest BCUT2D eigenvalue weighted by Gasteiger charge is 1.94. The van der Waals surface area contributed by atoms with Crippen LogP contribution >= 0.6 is 0 Å². The molecule has 0 aromatic carbocycles. The van der Waals surface area contributed by atoms with Gasteiger partial charge < -0.3 is 0 Å². The van der Waals surface area contributed by atoms with Crippen molar-refractivity contribution < 1.29 is 0 Å². The van der Waals surface area contributed by atoms with Gasteiger partial charge in [0.1, 0.15) is 0 Å². The normalized spacial score (nSPS) is 11.3. The summed E-state index contributed by atoms with van der Waals surface area (Å²) in [4.78, 5) is 0. The number of nitrogens with zero attached hydrogens (tertiary/aromatic N) is 2. The third-order valence-corrected chi connectivity index (χ3v) is 4.27. The minimum absolute atomic E-state index is 0.866. The van der Waals surface area contributed by atoms with Crippen molar-refractivity contribution in [3.8, 4) is 0 Å². The Balaban J connectivity index is 2.97. The highest BCUT2D eigenvalue weighted by atomic mass is 15.1. The molecule has 0 unspecified atom stereocenters. The zero-order valence-electron chi connectivity index (χ0n) is 15.2. The van der Waals surface area contributed by atoms with Crippen molar-refractivity contribution in [2.45, 2.75) is 110 Å². The Bertz CT molecular complexity index is 236. The maximum atomic E-state index is 4.00. The van der Waals surface area contributed by atoms with E-state index in [4.69, 9.17) is 0 Å². The smallest absolute Gasteiger partial charge is 0.0603 e. The van der Waals surface area contributed by atoms with E-state index in [-0.39, 0.29) is 0 Å². The summed E-state index contributed by atoms with van der Waals surface area (Å²) in [6.07, 6.45) is 24.1. The molecule has 0 rings (SSSR count). The molecule has 0 aliphatic carbocycles. The second-order valence-corrected chi connectivity index (χ2v) is 6.47. The molecule has 0 bridgehead atoms. The van der Waals surface area contributed by atoms with Gasteiger partial charge in [0, 0.05) is 6.20 Å². The monoisotopic (exact) mass is 308 g/mol. The Kier molecular flexibility index (Phi) is 19.7. The minimum atomic E-state index is 0.866. The van der Waals surface area contributed by atoms with E-state index in [9.17, 15) is 0 Å². The lowest BCUT2D eigenvalue weighted by Crippen LogP contribution is -1.84. The van der Waals surface area contributed by atoms with E-state index < -0.39 is 0 Å². The van der Waals surface area contributed by atoms with Crippen LogP contribution in [0.25, 0.3) is 0 Å². The summed E-state index contributed by atoms with van der Waals surface area (Å²) in [7, 11) is 0. The van der Waals surface area contributed by atoms with Gasteiger partial charge in [0.15, 0.2) is 0 Å². The first-order chi connectivity index (χ1) is 10.9. The van der Waals surface area contributed by atoms with Crippen molar-refractivity contribution >= 4 is 0 Å². The molecule has 2 nitrogen and oxygen atoms in total. The molecule has 2 heteroatoms. The Morgan fingerprint density at radius 1 is 0.591 bits per heavy atom. The molecular formula is C20H40N2. The molecule has 0 aliphatic rings. The van der Waals surface area contributed by atoms with E-state index >= 15 is 0 Å². The molecule has 130 valence electrons. The van der Waals surface area contributed by atoms with Gasteiger partial charge in [0.05, 0.1) is 6.54 Å². The maximum absolute atomic E-state index is 4.00. The Morgan fingerprint density at radius 3 is 1.32 bits per heavy atom. The molecule has 0 atom stereocenters. The van der Waals surface area contributed by atoms with Crippen LogP contribution < -0.4 is 0 Å². The summed E-state index contributed by atoms with van der Waals surface area (Å²) in [6, 6.07) is 0. The summed E-state index contributed by atoms with van der Waals surface area (Å²) >= 11 is 0. The highest BCUT2D eigenvalue weighted by molar-refractivity contribution is 4.57. The van der Waals surface area contributed by atoms with Crippen LogP contribution in [0.5, 0.6) is 0 Å². The molecular weight excluding hydrogens is 268 g/mol. The predicted octanol–water partition coefficient (Wildman–Crippen LogP) is 7.84. The Morgan fingerprint density at radius 2 is 0.955 bits per heavy atom. The zero-order valence-corrected chi connectivity index (χ0v) is 15.2. The van der Waals surface area contributed by atoms with Crippen molar-refractivity contribution in [2.75, 3.05) is 6.54 Å². The third-order valence-electron chi connectivity index (χ3n) is 4.27. The van der Waals surface area contributed by atoms with Crippen LogP contribution in [0.3, 0.4) is 0 Å². The molecule has 0 saturated heterocycles. The van der Waals surface area contributed by atoms with Crippen LogP contribution in [-0.2, 0) is 0 Å². The predicted molar refractivity (Wildman–Crippen MR) is 99.5 cm³/mol. The van der Waals surface area contributed by atoms with Gasteiger partial charge in [-0.1, -0.05) is 110 Å². The molecule has 0 radical (unpaired) electrons. The van der Waals surface area contributed by atoms with Gasteiger partial charge in [-0.3, -0.25) is 0 Å². The van der Waals surface area contributed by atoms with E-state index in [0.717, 1.165) is 6.54 Å². The van der Waals surface area contributed by atoms with E-state index in [2.05, 4.69) is 23.7 Å². The van der Waals surface area contributed by atoms with Gasteiger partial charge >= 0.3 is 0 Å². The lowest BCUT2D eigenvalue weighted by atomic mass is 10.0. The van der Waals surface area contributed by atoms with Gasteiger partial charge in [-0.25, -0.2) is 0 Å². The molecule has 0 aliphatic heterocycles. The average Bonchev–Trinajstić information content (AvgIpc) is 2.54. The molecule has 0 N–H and O–H groups in total. The first-order valence-corrected chi connectivity index (χ1v) is 9.89. The largest absolute Gasteiger partial charge is 0.189 e. The second kappa shape index (κ2) is 20.3. The van der Waals surface area contributed by atoms with Crippen LogP contribution in [0.2, 0.25) is 0 Å². The van der Waals surface area contributed by atoms with Gasteiger partial charge in [0.2, 0.25) is 0 Å². The summed E-state index contributed by atoms with van der Waals surface area (Å²) in [5.74, 6) is 0. The van der Waals surface area contributed by atoms with E-state index in [1.54, 1.807) is 0 Å². The fraction of sp³-hybridized carbons (Fsp3) is 0.900. The quantitative estimate of drug-likeness (QED) is 0.182. The molecule has 0 amide bonds. The Labute approximate surface area is 139 Å². The fourth-order valence-corrected chi connectivity index (χ4v) is 2.85. The minimum Gasteiger partial charge on any atom is -0.189 e. The van der Waals surface area contributed by atoms with Crippen LogP contribution in [0.4, 0.5) is 0 Å². The molecule has 0 fully saturated rings. The lowest BCUT2D eigenvalue weighted by Gasteiger charge is -2.03. The zero-order chi connectivity index (χ0) is 16.1. The number of hydrogen-bond donors (Lipinski definition) is 0. The van der Waals surface area contributed by atoms with Crippen molar-refractivity contribution in [3.05, 3.63) is 12.8 Å². The van der Waals surface area contributed by atoms with Gasteiger partial charge in [-0.2, -0.15) is 10.2 Å². The molecule has 0 aromatic heterocycles. The number of azo groups is 1. The summed E-state index contributed by atoms with van der Waals surface area (Å²) < 4.78 is 0. The lowest BCUT2D eigenvalue weighted by molar-refractivity contribution is 0.530. The van der Waals surface area contributed by atoms with Gasteiger partial charge in [-0.15, -0.1) is 0 Å². The van der Waals surface area contributed by atoms with Gasteiger partial charge in [-0.05, 0) is 6.42 Å². The van der Waals surface area contributed by atoms with Crippen LogP contribution in [0, 0.1) is 0 Å². The Hall–Kier alpha value is -0.660. The molecule has 0 saturated carbocycles. The van der Waals surface area contributed by atoms with Gasteiger partial charge in [0.25, 0.3) is 0 Å². The highest BCUT2D eigenvalue weighted by Crippen LogP contribution is 2.13. The maximum Gasteiger partial charge on any atom is 0.0603 e. The second-order valence-electron chi connectivity index (χ2n) is 6.47. The fourth-order valence-electron chi connectivity index (χ4n) is 2.85. The molecule has 22 heavy (non-hydrogen) atoms. The molecule has 0 spiro atoms. The average molecular weight is 309 g/mol. The first kappa shape index (κ1) is 21.3. The number of unbranched alkanes of at least 4 members (excludes halogenated alkanes) is 15. The number of hydrogen-bond acceptors (Lipinski definition) is 2. The van der Waals surface area contributed by atoms with E-state index in [1.807, 2.05) is 0 Å². The molecule has 0 aromatic rings. The topological polar surface area (TPSA) is 24.7 Å².